The molecule has 3 aromatic rings. The number of fused-ring (bicyclic) bond motifs is 3. The molecule has 0 saturated carbocycles. The SMILES string of the molecule is CN(c1cnc(-c2ccc3c(=O)n(C)ccc3c2O)cn1)[C@@H]1CC2CCC(N2)[C@@H]1F. The van der Waals surface area contributed by atoms with Crippen molar-refractivity contribution in [1.82, 2.24) is 19.9 Å². The molecule has 7 nitrogen and oxygen atoms in total. The van der Waals surface area contributed by atoms with Gasteiger partial charge in [-0.05, 0) is 37.5 Å². The third kappa shape index (κ3) is 2.94. The van der Waals surface area contributed by atoms with E-state index < -0.39 is 6.17 Å². The Hall–Kier alpha value is -3.00. The Kier molecular flexibility index (Phi) is 4.47. The first-order valence-corrected chi connectivity index (χ1v) is 10.2. The van der Waals surface area contributed by atoms with Crippen LogP contribution in [0, 0.1) is 0 Å². The number of benzene rings is 1. The van der Waals surface area contributed by atoms with E-state index >= 15 is 0 Å². The largest absolute Gasteiger partial charge is 0.507 e. The van der Waals surface area contributed by atoms with Crippen LogP contribution in [0.25, 0.3) is 22.0 Å². The molecule has 2 aromatic heterocycles. The standard InChI is InChI=1S/C22H24FN5O2/c1-27-8-7-13-14(22(27)30)4-5-15(21(13)29)17-10-25-19(11-24-17)28(2)18-9-12-3-6-16(26-12)20(18)23/h4-5,7-8,10-12,16,18,20,26,29H,3,6,9H2,1-2H3/t12?,16?,18-,20+/m1/s1. The van der Waals surface area contributed by atoms with Gasteiger partial charge in [0.1, 0.15) is 17.7 Å². The summed E-state index contributed by atoms with van der Waals surface area (Å²) in [5.41, 5.74) is 0.823. The average molecular weight is 409 g/mol. The number of hydrogen-bond acceptors (Lipinski definition) is 6. The van der Waals surface area contributed by atoms with Gasteiger partial charge in [0, 0.05) is 43.3 Å². The molecule has 156 valence electrons. The highest BCUT2D eigenvalue weighted by molar-refractivity contribution is 5.93. The minimum Gasteiger partial charge on any atom is -0.507 e. The van der Waals surface area contributed by atoms with Crippen LogP contribution in [0.5, 0.6) is 5.75 Å². The van der Waals surface area contributed by atoms with Gasteiger partial charge < -0.3 is 19.9 Å². The normalized spacial score (nSPS) is 25.6. The van der Waals surface area contributed by atoms with Crippen molar-refractivity contribution >= 4 is 16.6 Å². The fourth-order valence-electron chi connectivity index (χ4n) is 4.77. The number of rotatable bonds is 3. The molecule has 2 unspecified atom stereocenters. The molecule has 0 radical (unpaired) electrons. The van der Waals surface area contributed by atoms with Gasteiger partial charge in [-0.2, -0.15) is 0 Å². The maximum absolute atomic E-state index is 14.9. The first-order chi connectivity index (χ1) is 14.4. The number of hydrogen-bond donors (Lipinski definition) is 2. The van der Waals surface area contributed by atoms with Crippen LogP contribution in [0.3, 0.4) is 0 Å². The Balaban J connectivity index is 1.44. The van der Waals surface area contributed by atoms with Gasteiger partial charge in [0.15, 0.2) is 0 Å². The maximum atomic E-state index is 14.9. The molecule has 2 bridgehead atoms. The zero-order valence-corrected chi connectivity index (χ0v) is 16.9. The Bertz CT molecular complexity index is 1160. The molecular formula is C22H24FN5O2. The molecule has 0 spiro atoms. The van der Waals surface area contributed by atoms with Crippen molar-refractivity contribution in [2.24, 2.45) is 7.05 Å². The summed E-state index contributed by atoms with van der Waals surface area (Å²) in [6.07, 6.45) is 6.52. The average Bonchev–Trinajstić information content (AvgIpc) is 3.17. The van der Waals surface area contributed by atoms with Crippen LogP contribution >= 0.6 is 0 Å². The van der Waals surface area contributed by atoms with E-state index in [1.807, 2.05) is 11.9 Å². The summed E-state index contributed by atoms with van der Waals surface area (Å²) in [6, 6.07) is 5.13. The monoisotopic (exact) mass is 409 g/mol. The van der Waals surface area contributed by atoms with Crippen molar-refractivity contribution in [3.8, 4) is 17.0 Å². The summed E-state index contributed by atoms with van der Waals surface area (Å²) < 4.78 is 16.3. The van der Waals surface area contributed by atoms with E-state index in [2.05, 4.69) is 15.3 Å². The molecule has 0 amide bonds. The van der Waals surface area contributed by atoms with E-state index in [0.29, 0.717) is 33.9 Å². The molecule has 30 heavy (non-hydrogen) atoms. The lowest BCUT2D eigenvalue weighted by Crippen LogP contribution is -2.55. The number of pyridine rings is 1. The van der Waals surface area contributed by atoms with Crippen LogP contribution in [0.15, 0.2) is 41.6 Å². The Morgan fingerprint density at radius 2 is 2.03 bits per heavy atom. The summed E-state index contributed by atoms with van der Waals surface area (Å²) >= 11 is 0. The van der Waals surface area contributed by atoms with Gasteiger partial charge in [-0.3, -0.25) is 9.78 Å². The second-order valence-corrected chi connectivity index (χ2v) is 8.32. The van der Waals surface area contributed by atoms with E-state index in [-0.39, 0.29) is 23.4 Å². The molecule has 4 atom stereocenters. The van der Waals surface area contributed by atoms with Gasteiger partial charge in [-0.15, -0.1) is 0 Å². The van der Waals surface area contributed by atoms with Gasteiger partial charge in [0.05, 0.1) is 29.5 Å². The number of nitrogens with zero attached hydrogens (tertiary/aromatic N) is 4. The number of aryl methyl sites for hydroxylation is 1. The number of halogens is 1. The summed E-state index contributed by atoms with van der Waals surface area (Å²) in [7, 11) is 3.53. The van der Waals surface area contributed by atoms with Crippen LogP contribution in [0.1, 0.15) is 19.3 Å². The zero-order chi connectivity index (χ0) is 21.0. The van der Waals surface area contributed by atoms with Crippen molar-refractivity contribution in [3.63, 3.8) is 0 Å². The highest BCUT2D eigenvalue weighted by Crippen LogP contribution is 2.35. The molecule has 2 N–H and O–H groups in total. The van der Waals surface area contributed by atoms with E-state index in [4.69, 9.17) is 0 Å². The Labute approximate surface area is 173 Å². The third-order valence-electron chi connectivity index (χ3n) is 6.56. The second kappa shape index (κ2) is 7.05. The van der Waals surface area contributed by atoms with Gasteiger partial charge in [0.25, 0.3) is 5.56 Å². The molecule has 4 heterocycles. The molecular weight excluding hydrogens is 385 g/mol. The van der Waals surface area contributed by atoms with Crippen LogP contribution in [-0.2, 0) is 7.05 Å². The van der Waals surface area contributed by atoms with E-state index in [0.717, 1.165) is 19.3 Å². The number of anilines is 1. The molecule has 2 aliphatic heterocycles. The number of nitrogens with one attached hydrogen (secondary N) is 1. The van der Waals surface area contributed by atoms with Crippen molar-refractivity contribution < 1.29 is 9.50 Å². The topological polar surface area (TPSA) is 83.3 Å². The smallest absolute Gasteiger partial charge is 0.258 e. The summed E-state index contributed by atoms with van der Waals surface area (Å²) in [6.45, 7) is 0. The van der Waals surface area contributed by atoms with Crippen LogP contribution in [-0.4, -0.2) is 51.0 Å². The summed E-state index contributed by atoms with van der Waals surface area (Å²) in [5, 5.41) is 15.0. The predicted octanol–water partition coefficient (Wildman–Crippen LogP) is 2.37. The molecule has 0 aliphatic carbocycles. The number of phenolic OH excluding ortho intramolecular Hbond substituents is 1. The first-order valence-electron chi connectivity index (χ1n) is 10.2. The second-order valence-electron chi connectivity index (χ2n) is 8.32. The minimum atomic E-state index is -0.942. The van der Waals surface area contributed by atoms with Crippen LogP contribution in [0.4, 0.5) is 10.2 Å². The van der Waals surface area contributed by atoms with E-state index in [9.17, 15) is 14.3 Å². The summed E-state index contributed by atoms with van der Waals surface area (Å²) in [4.78, 5) is 23.1. The lowest BCUT2D eigenvalue weighted by molar-refractivity contribution is 0.176. The molecule has 2 fully saturated rings. The zero-order valence-electron chi connectivity index (χ0n) is 16.9. The molecule has 1 aromatic carbocycles. The number of aromatic nitrogens is 3. The molecule has 2 aliphatic rings. The highest BCUT2D eigenvalue weighted by Gasteiger charge is 2.43. The fraction of sp³-hybridized carbons (Fsp3) is 0.409. The quantitative estimate of drug-likeness (QED) is 0.691. The predicted molar refractivity (Wildman–Crippen MR) is 114 cm³/mol. The number of phenols is 1. The van der Waals surface area contributed by atoms with Crippen LogP contribution in [0.2, 0.25) is 0 Å². The molecule has 5 rings (SSSR count). The van der Waals surface area contributed by atoms with Crippen molar-refractivity contribution in [1.29, 1.82) is 0 Å². The van der Waals surface area contributed by atoms with E-state index in [1.165, 1.54) is 4.57 Å². The fourth-order valence-corrected chi connectivity index (χ4v) is 4.77. The number of alkyl halides is 1. The highest BCUT2D eigenvalue weighted by atomic mass is 19.1. The van der Waals surface area contributed by atoms with Crippen LogP contribution < -0.4 is 15.8 Å². The lowest BCUT2D eigenvalue weighted by atomic mass is 9.96. The number of piperidine rings is 1. The summed E-state index contributed by atoms with van der Waals surface area (Å²) in [5.74, 6) is 0.598. The van der Waals surface area contributed by atoms with Gasteiger partial charge in [-0.25, -0.2) is 9.37 Å². The first kappa shape index (κ1) is 19.0. The third-order valence-corrected chi connectivity index (χ3v) is 6.56. The lowest BCUT2D eigenvalue weighted by Gasteiger charge is -2.38. The van der Waals surface area contributed by atoms with Gasteiger partial charge in [0.2, 0.25) is 0 Å². The number of aromatic hydroxyl groups is 1. The maximum Gasteiger partial charge on any atom is 0.258 e. The van der Waals surface area contributed by atoms with E-state index in [1.54, 1.807) is 43.8 Å². The molecule has 2 saturated heterocycles. The van der Waals surface area contributed by atoms with Gasteiger partial charge >= 0.3 is 0 Å². The Morgan fingerprint density at radius 3 is 2.80 bits per heavy atom. The van der Waals surface area contributed by atoms with Crippen molar-refractivity contribution in [2.45, 2.75) is 43.6 Å². The van der Waals surface area contributed by atoms with Crippen molar-refractivity contribution in [2.75, 3.05) is 11.9 Å². The minimum absolute atomic E-state index is 0.000595. The van der Waals surface area contributed by atoms with Crippen molar-refractivity contribution in [3.05, 3.63) is 47.1 Å². The Morgan fingerprint density at radius 1 is 1.20 bits per heavy atom. The van der Waals surface area contributed by atoms with Gasteiger partial charge in [-0.1, -0.05) is 0 Å². The molecule has 8 heteroatoms.